The third-order valence-electron chi connectivity index (χ3n) is 4.24. The first-order valence-corrected chi connectivity index (χ1v) is 7.78. The Morgan fingerprint density at radius 2 is 1.90 bits per heavy atom. The quantitative estimate of drug-likeness (QED) is 0.846. The fraction of sp³-hybridized carbons (Fsp3) is 0.588. The number of nitrogens with zero attached hydrogens (tertiary/aromatic N) is 1. The van der Waals surface area contributed by atoms with Crippen molar-refractivity contribution in [3.63, 3.8) is 0 Å². The summed E-state index contributed by atoms with van der Waals surface area (Å²) in [5.74, 6) is 0.604. The summed E-state index contributed by atoms with van der Waals surface area (Å²) in [7, 11) is 3.96. The summed E-state index contributed by atoms with van der Waals surface area (Å²) in [5, 5.41) is 13.0. The predicted molar refractivity (Wildman–Crippen MR) is 85.3 cm³/mol. The Bertz CT molecular complexity index is 450. The molecule has 0 unspecified atom stereocenters. The van der Waals surface area contributed by atoms with Gasteiger partial charge in [0.1, 0.15) is 0 Å². The van der Waals surface area contributed by atoms with Crippen molar-refractivity contribution in [1.82, 2.24) is 5.32 Å². The Kier molecular flexibility index (Phi) is 5.62. The van der Waals surface area contributed by atoms with Crippen molar-refractivity contribution in [3.05, 3.63) is 29.8 Å². The first kappa shape index (κ1) is 15.8. The lowest BCUT2D eigenvalue weighted by molar-refractivity contribution is -0.122. The SMILES string of the molecule is CN(C)c1ccc([C@H](O)CNC(=O)CC2CCCC2)cc1. The second kappa shape index (κ2) is 7.46. The van der Waals surface area contributed by atoms with Crippen molar-refractivity contribution in [2.45, 2.75) is 38.2 Å². The lowest BCUT2D eigenvalue weighted by Crippen LogP contribution is -2.29. The molecule has 4 nitrogen and oxygen atoms in total. The standard InChI is InChI=1S/C17H26N2O2/c1-19(2)15-9-7-14(8-10-15)16(20)12-18-17(21)11-13-5-3-4-6-13/h7-10,13,16,20H,3-6,11-12H2,1-2H3,(H,18,21)/t16-/m1/s1. The van der Waals surface area contributed by atoms with Crippen LogP contribution in [0.25, 0.3) is 0 Å². The van der Waals surface area contributed by atoms with Gasteiger partial charge in [-0.1, -0.05) is 25.0 Å². The number of benzene rings is 1. The van der Waals surface area contributed by atoms with Crippen LogP contribution in [0.4, 0.5) is 5.69 Å². The molecule has 1 aliphatic carbocycles. The van der Waals surface area contributed by atoms with Crippen molar-refractivity contribution in [2.75, 3.05) is 25.5 Å². The number of aliphatic hydroxyl groups is 1. The molecule has 1 amide bonds. The Morgan fingerprint density at radius 3 is 2.48 bits per heavy atom. The van der Waals surface area contributed by atoms with E-state index < -0.39 is 6.10 Å². The molecule has 0 radical (unpaired) electrons. The van der Waals surface area contributed by atoms with Crippen LogP contribution in [-0.2, 0) is 4.79 Å². The Balaban J connectivity index is 1.77. The van der Waals surface area contributed by atoms with Crippen molar-refractivity contribution >= 4 is 11.6 Å². The zero-order chi connectivity index (χ0) is 15.2. The van der Waals surface area contributed by atoms with Crippen LogP contribution >= 0.6 is 0 Å². The molecule has 0 aliphatic heterocycles. The van der Waals surface area contributed by atoms with E-state index in [1.54, 1.807) is 0 Å². The molecule has 2 N–H and O–H groups in total. The summed E-state index contributed by atoms with van der Waals surface area (Å²) in [6.45, 7) is 0.285. The Morgan fingerprint density at radius 1 is 1.29 bits per heavy atom. The van der Waals surface area contributed by atoms with Crippen molar-refractivity contribution < 1.29 is 9.90 Å². The number of aliphatic hydroxyl groups excluding tert-OH is 1. The summed E-state index contributed by atoms with van der Waals surface area (Å²) in [5.41, 5.74) is 1.93. The van der Waals surface area contributed by atoms with Gasteiger partial charge in [-0.25, -0.2) is 0 Å². The highest BCUT2D eigenvalue weighted by molar-refractivity contribution is 5.76. The fourth-order valence-corrected chi connectivity index (χ4v) is 2.87. The molecule has 0 aromatic heterocycles. The minimum absolute atomic E-state index is 0.0610. The number of nitrogens with one attached hydrogen (secondary N) is 1. The number of hydrogen-bond acceptors (Lipinski definition) is 3. The average Bonchev–Trinajstić information content (AvgIpc) is 2.97. The topological polar surface area (TPSA) is 52.6 Å². The van der Waals surface area contributed by atoms with E-state index in [9.17, 15) is 9.90 Å². The van der Waals surface area contributed by atoms with E-state index >= 15 is 0 Å². The molecule has 0 heterocycles. The number of hydrogen-bond donors (Lipinski definition) is 2. The van der Waals surface area contributed by atoms with Crippen LogP contribution in [0.1, 0.15) is 43.8 Å². The third kappa shape index (κ3) is 4.74. The molecule has 1 saturated carbocycles. The highest BCUT2D eigenvalue weighted by atomic mass is 16.3. The van der Waals surface area contributed by atoms with Gasteiger partial charge in [-0.2, -0.15) is 0 Å². The number of rotatable bonds is 6. The van der Waals surface area contributed by atoms with Crippen LogP contribution in [0.5, 0.6) is 0 Å². The first-order valence-electron chi connectivity index (χ1n) is 7.78. The van der Waals surface area contributed by atoms with E-state index in [4.69, 9.17) is 0 Å². The molecule has 1 fully saturated rings. The van der Waals surface area contributed by atoms with Crippen LogP contribution in [-0.4, -0.2) is 31.7 Å². The Hall–Kier alpha value is -1.55. The maximum Gasteiger partial charge on any atom is 0.220 e. The number of amides is 1. The second-order valence-corrected chi connectivity index (χ2v) is 6.16. The van der Waals surface area contributed by atoms with E-state index in [1.807, 2.05) is 43.3 Å². The van der Waals surface area contributed by atoms with Crippen LogP contribution < -0.4 is 10.2 Å². The van der Waals surface area contributed by atoms with Gasteiger partial charge in [-0.15, -0.1) is 0 Å². The molecule has 1 aromatic rings. The highest BCUT2D eigenvalue weighted by Gasteiger charge is 2.18. The molecule has 0 bridgehead atoms. The van der Waals surface area contributed by atoms with Crippen LogP contribution in [0.15, 0.2) is 24.3 Å². The number of anilines is 1. The van der Waals surface area contributed by atoms with Crippen molar-refractivity contribution in [2.24, 2.45) is 5.92 Å². The maximum absolute atomic E-state index is 11.8. The minimum Gasteiger partial charge on any atom is -0.387 e. The average molecular weight is 290 g/mol. The zero-order valence-electron chi connectivity index (χ0n) is 13.0. The summed E-state index contributed by atoms with van der Waals surface area (Å²) in [4.78, 5) is 13.9. The van der Waals surface area contributed by atoms with Gasteiger partial charge >= 0.3 is 0 Å². The van der Waals surface area contributed by atoms with E-state index in [0.717, 1.165) is 11.3 Å². The largest absolute Gasteiger partial charge is 0.387 e. The normalized spacial score (nSPS) is 16.7. The van der Waals surface area contributed by atoms with Gasteiger partial charge in [0.05, 0.1) is 6.10 Å². The number of carbonyl (C=O) groups is 1. The molecular formula is C17H26N2O2. The smallest absolute Gasteiger partial charge is 0.220 e. The van der Waals surface area contributed by atoms with Crippen LogP contribution in [0.3, 0.4) is 0 Å². The Labute approximate surface area is 127 Å². The highest BCUT2D eigenvalue weighted by Crippen LogP contribution is 2.27. The van der Waals surface area contributed by atoms with Crippen LogP contribution in [0, 0.1) is 5.92 Å². The molecule has 21 heavy (non-hydrogen) atoms. The van der Waals surface area contributed by atoms with E-state index in [2.05, 4.69) is 5.32 Å². The van der Waals surface area contributed by atoms with Gasteiger partial charge < -0.3 is 15.3 Å². The van der Waals surface area contributed by atoms with Gasteiger partial charge in [0.15, 0.2) is 0 Å². The molecule has 1 atom stereocenters. The van der Waals surface area contributed by atoms with E-state index in [1.165, 1.54) is 25.7 Å². The summed E-state index contributed by atoms with van der Waals surface area (Å²) < 4.78 is 0. The second-order valence-electron chi connectivity index (χ2n) is 6.16. The molecule has 116 valence electrons. The van der Waals surface area contributed by atoms with Gasteiger partial charge in [0, 0.05) is 32.7 Å². The van der Waals surface area contributed by atoms with Gasteiger partial charge in [-0.05, 0) is 36.5 Å². The number of carbonyl (C=O) groups excluding carboxylic acids is 1. The first-order chi connectivity index (χ1) is 10.1. The zero-order valence-corrected chi connectivity index (χ0v) is 13.0. The summed E-state index contributed by atoms with van der Waals surface area (Å²) >= 11 is 0. The molecule has 4 heteroatoms. The van der Waals surface area contributed by atoms with Crippen molar-refractivity contribution in [3.8, 4) is 0 Å². The van der Waals surface area contributed by atoms with E-state index in [0.29, 0.717) is 12.3 Å². The molecule has 0 spiro atoms. The van der Waals surface area contributed by atoms with Gasteiger partial charge in [0.2, 0.25) is 5.91 Å². The lowest BCUT2D eigenvalue weighted by atomic mass is 10.0. The summed E-state index contributed by atoms with van der Waals surface area (Å²) in [6.07, 6.45) is 4.79. The minimum atomic E-state index is -0.645. The molecular weight excluding hydrogens is 264 g/mol. The molecule has 1 aliphatic rings. The molecule has 2 rings (SSSR count). The third-order valence-corrected chi connectivity index (χ3v) is 4.24. The van der Waals surface area contributed by atoms with Gasteiger partial charge in [0.25, 0.3) is 0 Å². The van der Waals surface area contributed by atoms with Crippen LogP contribution in [0.2, 0.25) is 0 Å². The summed E-state index contributed by atoms with van der Waals surface area (Å²) in [6, 6.07) is 7.75. The molecule has 0 saturated heterocycles. The van der Waals surface area contributed by atoms with E-state index in [-0.39, 0.29) is 12.5 Å². The molecule has 1 aromatic carbocycles. The maximum atomic E-state index is 11.8. The van der Waals surface area contributed by atoms with Crippen molar-refractivity contribution in [1.29, 1.82) is 0 Å². The predicted octanol–water partition coefficient (Wildman–Crippen LogP) is 2.48. The fourth-order valence-electron chi connectivity index (χ4n) is 2.87. The van der Waals surface area contributed by atoms with Gasteiger partial charge in [-0.3, -0.25) is 4.79 Å². The lowest BCUT2D eigenvalue weighted by Gasteiger charge is -2.16. The monoisotopic (exact) mass is 290 g/mol.